The Hall–Kier alpha value is -2.08. The Labute approximate surface area is 79.8 Å². The lowest BCUT2D eigenvalue weighted by atomic mass is 10.1. The molecule has 0 aliphatic heterocycles. The Morgan fingerprint density at radius 1 is 1.21 bits per heavy atom. The monoisotopic (exact) mass is 187 g/mol. The maximum Gasteiger partial charge on any atom is 0.124 e. The van der Waals surface area contributed by atoms with Crippen molar-refractivity contribution < 1.29 is 9.50 Å². The maximum absolute atomic E-state index is 12.8. The van der Waals surface area contributed by atoms with E-state index in [2.05, 4.69) is 0 Å². The van der Waals surface area contributed by atoms with Crippen molar-refractivity contribution in [2.75, 3.05) is 0 Å². The Morgan fingerprint density at radius 2 is 2.00 bits per heavy atom. The van der Waals surface area contributed by atoms with Crippen LogP contribution in [0.5, 0.6) is 5.75 Å². The van der Waals surface area contributed by atoms with Gasteiger partial charge in [0.25, 0.3) is 0 Å². The van der Waals surface area contributed by atoms with Crippen molar-refractivity contribution in [1.82, 2.24) is 0 Å². The molecule has 0 heterocycles. The molecule has 0 aliphatic carbocycles. The van der Waals surface area contributed by atoms with Gasteiger partial charge in [-0.15, -0.1) is 0 Å². The van der Waals surface area contributed by atoms with Gasteiger partial charge < -0.3 is 5.11 Å². The van der Waals surface area contributed by atoms with Crippen LogP contribution in [0.25, 0.3) is 10.8 Å². The Balaban J connectivity index is 2.85. The molecular formula is C11H6FNO. The molecule has 0 unspecified atom stereocenters. The highest BCUT2D eigenvalue weighted by molar-refractivity contribution is 5.89. The number of rotatable bonds is 0. The van der Waals surface area contributed by atoms with Crippen LogP contribution in [-0.4, -0.2) is 5.11 Å². The zero-order valence-electron chi connectivity index (χ0n) is 7.16. The highest BCUT2D eigenvalue weighted by atomic mass is 19.1. The number of aromatic hydroxyl groups is 1. The molecule has 2 nitrogen and oxygen atoms in total. The van der Waals surface area contributed by atoms with Gasteiger partial charge in [-0.2, -0.15) is 5.26 Å². The van der Waals surface area contributed by atoms with Crippen molar-refractivity contribution >= 4 is 10.8 Å². The van der Waals surface area contributed by atoms with Crippen molar-refractivity contribution in [2.24, 2.45) is 0 Å². The molecule has 3 heteroatoms. The fraction of sp³-hybridized carbons (Fsp3) is 0. The van der Waals surface area contributed by atoms with Crippen molar-refractivity contribution in [1.29, 1.82) is 5.26 Å². The summed E-state index contributed by atoms with van der Waals surface area (Å²) < 4.78 is 12.8. The van der Waals surface area contributed by atoms with Crippen LogP contribution in [0, 0.1) is 17.1 Å². The number of nitrogens with zero attached hydrogens (tertiary/aromatic N) is 1. The van der Waals surface area contributed by atoms with Gasteiger partial charge in [0.2, 0.25) is 0 Å². The molecular weight excluding hydrogens is 181 g/mol. The second-order valence-corrected chi connectivity index (χ2v) is 2.97. The lowest BCUT2D eigenvalue weighted by molar-refractivity contribution is 0.481. The third kappa shape index (κ3) is 1.27. The summed E-state index contributed by atoms with van der Waals surface area (Å²) in [5.41, 5.74) is 0.320. The minimum absolute atomic E-state index is 0.000880. The number of hydrogen-bond donors (Lipinski definition) is 1. The van der Waals surface area contributed by atoms with Gasteiger partial charge in [0.05, 0.1) is 11.6 Å². The Morgan fingerprint density at radius 3 is 2.71 bits per heavy atom. The molecule has 2 rings (SSSR count). The van der Waals surface area contributed by atoms with E-state index in [9.17, 15) is 9.50 Å². The van der Waals surface area contributed by atoms with E-state index < -0.39 is 0 Å². The second-order valence-electron chi connectivity index (χ2n) is 2.97. The van der Waals surface area contributed by atoms with Gasteiger partial charge in [0.1, 0.15) is 11.6 Å². The molecule has 0 atom stereocenters. The van der Waals surface area contributed by atoms with Gasteiger partial charge in [-0.1, -0.05) is 0 Å². The average molecular weight is 187 g/mol. The normalized spacial score (nSPS) is 10.0. The predicted octanol–water partition coefficient (Wildman–Crippen LogP) is 2.56. The van der Waals surface area contributed by atoms with Crippen LogP contribution < -0.4 is 0 Å². The van der Waals surface area contributed by atoms with Crippen molar-refractivity contribution in [3.05, 3.63) is 41.7 Å². The van der Waals surface area contributed by atoms with E-state index in [0.29, 0.717) is 16.3 Å². The molecule has 2 aromatic carbocycles. The molecule has 0 spiro atoms. The van der Waals surface area contributed by atoms with E-state index in [1.165, 1.54) is 30.3 Å². The summed E-state index contributed by atoms with van der Waals surface area (Å²) in [5, 5.41) is 19.2. The van der Waals surface area contributed by atoms with Gasteiger partial charge in [-0.05, 0) is 35.7 Å². The van der Waals surface area contributed by atoms with Gasteiger partial charge in [-0.3, -0.25) is 0 Å². The number of halogens is 1. The van der Waals surface area contributed by atoms with Gasteiger partial charge >= 0.3 is 0 Å². The molecule has 0 radical (unpaired) electrons. The molecule has 0 saturated carbocycles. The first kappa shape index (κ1) is 8.52. The molecule has 2 aromatic rings. The van der Waals surface area contributed by atoms with Crippen LogP contribution in [0.4, 0.5) is 4.39 Å². The third-order valence-corrected chi connectivity index (χ3v) is 2.02. The average Bonchev–Trinajstić information content (AvgIpc) is 2.16. The lowest BCUT2D eigenvalue weighted by Crippen LogP contribution is -1.80. The molecule has 14 heavy (non-hydrogen) atoms. The summed E-state index contributed by atoms with van der Waals surface area (Å²) in [6.45, 7) is 0. The Kier molecular flexibility index (Phi) is 1.83. The van der Waals surface area contributed by atoms with Gasteiger partial charge in [0, 0.05) is 5.39 Å². The van der Waals surface area contributed by atoms with Crippen LogP contribution in [0.15, 0.2) is 30.3 Å². The smallest absolute Gasteiger partial charge is 0.124 e. The first-order valence-corrected chi connectivity index (χ1v) is 4.03. The van der Waals surface area contributed by atoms with E-state index in [-0.39, 0.29) is 11.6 Å². The van der Waals surface area contributed by atoms with Crippen LogP contribution in [0.3, 0.4) is 0 Å². The highest BCUT2D eigenvalue weighted by Crippen LogP contribution is 2.26. The SMILES string of the molecule is N#Cc1cc(O)c2ccc(F)cc2c1. The highest BCUT2D eigenvalue weighted by Gasteiger charge is 2.03. The fourth-order valence-electron chi connectivity index (χ4n) is 1.39. The van der Waals surface area contributed by atoms with Crippen LogP contribution >= 0.6 is 0 Å². The Bertz CT molecular complexity index is 543. The number of phenols is 1. The van der Waals surface area contributed by atoms with E-state index in [1.54, 1.807) is 0 Å². The zero-order valence-corrected chi connectivity index (χ0v) is 7.16. The summed E-state index contributed by atoms with van der Waals surface area (Å²) in [5.74, 6) is -0.383. The fourth-order valence-corrected chi connectivity index (χ4v) is 1.39. The van der Waals surface area contributed by atoms with E-state index in [0.717, 1.165) is 0 Å². The first-order valence-electron chi connectivity index (χ1n) is 4.03. The first-order chi connectivity index (χ1) is 6.70. The summed E-state index contributed by atoms with van der Waals surface area (Å²) in [7, 11) is 0. The number of benzene rings is 2. The number of phenolic OH excluding ortho intramolecular Hbond substituents is 1. The van der Waals surface area contributed by atoms with Crippen molar-refractivity contribution in [3.63, 3.8) is 0 Å². The van der Waals surface area contributed by atoms with Crippen molar-refractivity contribution in [3.8, 4) is 11.8 Å². The topological polar surface area (TPSA) is 44.0 Å². The summed E-state index contributed by atoms with van der Waals surface area (Å²) in [6, 6.07) is 8.84. The molecule has 0 aromatic heterocycles. The second kappa shape index (κ2) is 3.00. The molecule has 0 bridgehead atoms. The summed E-state index contributed by atoms with van der Waals surface area (Å²) in [6.07, 6.45) is 0. The van der Waals surface area contributed by atoms with Gasteiger partial charge in [-0.25, -0.2) is 4.39 Å². The van der Waals surface area contributed by atoms with E-state index in [4.69, 9.17) is 5.26 Å². The number of nitriles is 1. The molecule has 0 saturated heterocycles. The minimum Gasteiger partial charge on any atom is -0.507 e. The number of hydrogen-bond acceptors (Lipinski definition) is 2. The van der Waals surface area contributed by atoms with Gasteiger partial charge in [0.15, 0.2) is 0 Å². The quantitative estimate of drug-likeness (QED) is 0.688. The van der Waals surface area contributed by atoms with Crippen LogP contribution in [0.1, 0.15) is 5.56 Å². The molecule has 0 fully saturated rings. The molecule has 68 valence electrons. The lowest BCUT2D eigenvalue weighted by Gasteiger charge is -2.01. The third-order valence-electron chi connectivity index (χ3n) is 2.02. The molecule has 0 aliphatic rings. The largest absolute Gasteiger partial charge is 0.507 e. The van der Waals surface area contributed by atoms with Crippen LogP contribution in [-0.2, 0) is 0 Å². The van der Waals surface area contributed by atoms with Crippen LogP contribution in [0.2, 0.25) is 0 Å². The summed E-state index contributed by atoms with van der Waals surface area (Å²) in [4.78, 5) is 0. The standard InChI is InChI=1S/C11H6FNO/c12-9-1-2-10-8(5-9)3-7(6-13)4-11(10)14/h1-5,14H. The van der Waals surface area contributed by atoms with E-state index in [1.807, 2.05) is 6.07 Å². The predicted molar refractivity (Wildman–Crippen MR) is 50.3 cm³/mol. The maximum atomic E-state index is 12.8. The zero-order chi connectivity index (χ0) is 10.1. The summed E-state index contributed by atoms with van der Waals surface area (Å²) >= 11 is 0. The van der Waals surface area contributed by atoms with E-state index >= 15 is 0 Å². The minimum atomic E-state index is -0.382. The molecule has 0 amide bonds. The number of fused-ring (bicyclic) bond motifs is 1. The molecule has 1 N–H and O–H groups in total. The van der Waals surface area contributed by atoms with Crippen molar-refractivity contribution in [2.45, 2.75) is 0 Å².